The topological polar surface area (TPSA) is 75.7 Å². The van der Waals surface area contributed by atoms with E-state index in [1.165, 1.54) is 0 Å². The highest BCUT2D eigenvalue weighted by Crippen LogP contribution is 2.25. The Hall–Kier alpha value is -2.54. The van der Waals surface area contributed by atoms with Crippen LogP contribution in [-0.4, -0.2) is 40.8 Å². The summed E-state index contributed by atoms with van der Waals surface area (Å²) in [6.45, 7) is 6.44. The van der Waals surface area contributed by atoms with E-state index in [4.69, 9.17) is 4.74 Å². The average molecular weight is 419 g/mol. The molecule has 0 aliphatic rings. The number of ether oxygens (including phenoxy) is 1. The Balaban J connectivity index is 1.99. The molecule has 0 radical (unpaired) electrons. The number of carbonyl (C=O) groups excluding carboxylic acids is 1. The first kappa shape index (κ1) is 22.7. The third kappa shape index (κ3) is 6.78. The molecule has 2 aromatic carbocycles. The van der Waals surface area contributed by atoms with Gasteiger partial charge in [0.15, 0.2) is 0 Å². The molecule has 0 fully saturated rings. The zero-order chi connectivity index (χ0) is 21.7. The largest absolute Gasteiger partial charge is 0.497 e. The standard InChI is InChI=1S/C22H30N2O4S/c1-22(2,3)18-8-10-19(11-9-18)24(29(5,26)27)16-21(25)23-15-14-17-6-12-20(28-4)13-7-17/h6-13H,14-16H2,1-5H3,(H,23,25). The molecular weight excluding hydrogens is 388 g/mol. The van der Waals surface area contributed by atoms with Crippen molar-refractivity contribution in [2.24, 2.45) is 0 Å². The van der Waals surface area contributed by atoms with E-state index < -0.39 is 10.0 Å². The molecule has 0 aromatic heterocycles. The lowest BCUT2D eigenvalue weighted by Gasteiger charge is -2.24. The monoisotopic (exact) mass is 418 g/mol. The Labute approximate surface area is 173 Å². The normalized spacial score (nSPS) is 11.8. The van der Waals surface area contributed by atoms with Crippen molar-refractivity contribution >= 4 is 21.6 Å². The van der Waals surface area contributed by atoms with E-state index in [-0.39, 0.29) is 17.9 Å². The van der Waals surface area contributed by atoms with Crippen LogP contribution in [0.1, 0.15) is 31.9 Å². The molecule has 0 atom stereocenters. The summed E-state index contributed by atoms with van der Waals surface area (Å²) in [4.78, 5) is 12.4. The summed E-state index contributed by atoms with van der Waals surface area (Å²) in [5.74, 6) is 0.433. The minimum absolute atomic E-state index is 0.0344. The summed E-state index contributed by atoms with van der Waals surface area (Å²) >= 11 is 0. The van der Waals surface area contributed by atoms with E-state index in [1.54, 1.807) is 19.2 Å². The molecule has 2 rings (SSSR count). The number of anilines is 1. The third-order valence-corrected chi connectivity index (χ3v) is 5.74. The van der Waals surface area contributed by atoms with Gasteiger partial charge in [0.05, 0.1) is 19.1 Å². The van der Waals surface area contributed by atoms with Crippen molar-refractivity contribution in [2.75, 3.05) is 30.8 Å². The van der Waals surface area contributed by atoms with Gasteiger partial charge in [-0.25, -0.2) is 8.42 Å². The molecule has 0 saturated heterocycles. The van der Waals surface area contributed by atoms with Crippen LogP contribution < -0.4 is 14.4 Å². The van der Waals surface area contributed by atoms with Crippen LogP contribution in [0.2, 0.25) is 0 Å². The summed E-state index contributed by atoms with van der Waals surface area (Å²) in [5, 5.41) is 2.79. The van der Waals surface area contributed by atoms with Gasteiger partial charge in [0.25, 0.3) is 0 Å². The minimum atomic E-state index is -3.59. The van der Waals surface area contributed by atoms with Crippen molar-refractivity contribution < 1.29 is 17.9 Å². The smallest absolute Gasteiger partial charge is 0.240 e. The van der Waals surface area contributed by atoms with Gasteiger partial charge in [-0.2, -0.15) is 0 Å². The number of sulfonamides is 1. The van der Waals surface area contributed by atoms with E-state index in [0.717, 1.165) is 27.4 Å². The van der Waals surface area contributed by atoms with E-state index in [9.17, 15) is 13.2 Å². The summed E-state index contributed by atoms with van der Waals surface area (Å²) in [6.07, 6.45) is 1.75. The maximum atomic E-state index is 12.4. The fraction of sp³-hybridized carbons (Fsp3) is 0.409. The van der Waals surface area contributed by atoms with Crippen molar-refractivity contribution in [3.63, 3.8) is 0 Å². The van der Waals surface area contributed by atoms with Crippen molar-refractivity contribution in [1.82, 2.24) is 5.32 Å². The first-order valence-electron chi connectivity index (χ1n) is 9.48. The second-order valence-electron chi connectivity index (χ2n) is 8.01. The first-order valence-corrected chi connectivity index (χ1v) is 11.3. The maximum absolute atomic E-state index is 12.4. The van der Waals surface area contributed by atoms with Crippen LogP contribution in [0.4, 0.5) is 5.69 Å². The molecule has 1 amide bonds. The number of carbonyl (C=O) groups is 1. The zero-order valence-corrected chi connectivity index (χ0v) is 18.5. The van der Waals surface area contributed by atoms with Gasteiger partial charge in [0.1, 0.15) is 12.3 Å². The average Bonchev–Trinajstić information content (AvgIpc) is 2.65. The van der Waals surface area contributed by atoms with Crippen LogP contribution in [0.15, 0.2) is 48.5 Å². The van der Waals surface area contributed by atoms with E-state index in [1.807, 2.05) is 36.4 Å². The number of nitrogens with one attached hydrogen (secondary N) is 1. The van der Waals surface area contributed by atoms with E-state index in [2.05, 4.69) is 26.1 Å². The summed E-state index contributed by atoms with van der Waals surface area (Å²) in [5.41, 5.74) is 2.60. The summed E-state index contributed by atoms with van der Waals surface area (Å²) in [6, 6.07) is 14.9. The predicted molar refractivity (Wildman–Crippen MR) is 117 cm³/mol. The number of methoxy groups -OCH3 is 1. The molecule has 0 unspecified atom stereocenters. The van der Waals surface area contributed by atoms with Crippen LogP contribution in [0.5, 0.6) is 5.75 Å². The molecule has 7 heteroatoms. The van der Waals surface area contributed by atoms with Crippen molar-refractivity contribution in [2.45, 2.75) is 32.6 Å². The Kier molecular flexibility index (Phi) is 7.30. The molecule has 0 aliphatic carbocycles. The number of hydrogen-bond donors (Lipinski definition) is 1. The molecule has 6 nitrogen and oxygen atoms in total. The highest BCUT2D eigenvalue weighted by atomic mass is 32.2. The van der Waals surface area contributed by atoms with Crippen LogP contribution in [0, 0.1) is 0 Å². The lowest BCUT2D eigenvalue weighted by molar-refractivity contribution is -0.119. The number of nitrogens with zero attached hydrogens (tertiary/aromatic N) is 1. The lowest BCUT2D eigenvalue weighted by atomic mass is 9.87. The van der Waals surface area contributed by atoms with Crippen LogP contribution in [0.25, 0.3) is 0 Å². The van der Waals surface area contributed by atoms with Crippen molar-refractivity contribution in [1.29, 1.82) is 0 Å². The zero-order valence-electron chi connectivity index (χ0n) is 17.7. The van der Waals surface area contributed by atoms with E-state index >= 15 is 0 Å². The van der Waals surface area contributed by atoms with Crippen LogP contribution in [0.3, 0.4) is 0 Å². The SMILES string of the molecule is COc1ccc(CCNC(=O)CN(c2ccc(C(C)(C)C)cc2)S(C)(=O)=O)cc1. The molecule has 0 heterocycles. The Bertz CT molecular complexity index is 915. The second kappa shape index (κ2) is 9.31. The molecule has 0 aliphatic heterocycles. The van der Waals surface area contributed by atoms with Gasteiger partial charge < -0.3 is 10.1 Å². The van der Waals surface area contributed by atoms with Gasteiger partial charge in [0, 0.05) is 6.54 Å². The number of hydrogen-bond acceptors (Lipinski definition) is 4. The highest BCUT2D eigenvalue weighted by molar-refractivity contribution is 7.92. The summed E-state index contributed by atoms with van der Waals surface area (Å²) < 4.78 is 30.7. The fourth-order valence-electron chi connectivity index (χ4n) is 2.85. The molecular formula is C22H30N2O4S. The van der Waals surface area contributed by atoms with Gasteiger partial charge in [-0.3, -0.25) is 9.10 Å². The van der Waals surface area contributed by atoms with Gasteiger partial charge >= 0.3 is 0 Å². The van der Waals surface area contributed by atoms with Gasteiger partial charge in [-0.05, 0) is 47.2 Å². The molecule has 2 aromatic rings. The molecule has 0 saturated carbocycles. The van der Waals surface area contributed by atoms with E-state index in [0.29, 0.717) is 18.7 Å². The maximum Gasteiger partial charge on any atom is 0.240 e. The Morgan fingerprint density at radius 3 is 2.10 bits per heavy atom. The molecule has 158 valence electrons. The molecule has 0 spiro atoms. The highest BCUT2D eigenvalue weighted by Gasteiger charge is 2.21. The lowest BCUT2D eigenvalue weighted by Crippen LogP contribution is -2.41. The minimum Gasteiger partial charge on any atom is -0.497 e. The van der Waals surface area contributed by atoms with Gasteiger partial charge in [-0.1, -0.05) is 45.0 Å². The molecule has 0 bridgehead atoms. The summed E-state index contributed by atoms with van der Waals surface area (Å²) in [7, 11) is -1.98. The van der Waals surface area contributed by atoms with Crippen molar-refractivity contribution in [3.8, 4) is 5.75 Å². The number of rotatable bonds is 8. The molecule has 29 heavy (non-hydrogen) atoms. The number of amides is 1. The quantitative estimate of drug-likeness (QED) is 0.715. The second-order valence-corrected chi connectivity index (χ2v) is 9.92. The third-order valence-electron chi connectivity index (χ3n) is 4.60. The first-order chi connectivity index (χ1) is 13.5. The van der Waals surface area contributed by atoms with Gasteiger partial charge in [-0.15, -0.1) is 0 Å². The molecule has 1 N–H and O–H groups in total. The Morgan fingerprint density at radius 2 is 1.62 bits per heavy atom. The van der Waals surface area contributed by atoms with Crippen molar-refractivity contribution in [3.05, 3.63) is 59.7 Å². The fourth-order valence-corrected chi connectivity index (χ4v) is 3.71. The predicted octanol–water partition coefficient (Wildman–Crippen LogP) is 3.12. The number of benzene rings is 2. The van der Waals surface area contributed by atoms with Crippen LogP contribution in [-0.2, 0) is 26.7 Å². The van der Waals surface area contributed by atoms with Gasteiger partial charge in [0.2, 0.25) is 15.9 Å². The Morgan fingerprint density at radius 1 is 1.03 bits per heavy atom. The van der Waals surface area contributed by atoms with Crippen LogP contribution >= 0.6 is 0 Å².